The molecule has 0 aliphatic carbocycles. The van der Waals surface area contributed by atoms with E-state index in [0.717, 1.165) is 32.5 Å². The van der Waals surface area contributed by atoms with Crippen molar-refractivity contribution in [1.29, 1.82) is 0 Å². The SMILES string of the molecule is CCCCCN(CCCN)CCCCN(CCCN)CCCCCCCCCN. The normalized spacial score (nSPS) is 11.8. The lowest BCUT2D eigenvalue weighted by Crippen LogP contribution is -2.31. The molecule has 0 atom stereocenters. The van der Waals surface area contributed by atoms with Crippen LogP contribution in [0, 0.1) is 0 Å². The smallest absolute Gasteiger partial charge is 0.000672 e. The van der Waals surface area contributed by atoms with E-state index < -0.39 is 0 Å². The van der Waals surface area contributed by atoms with Gasteiger partial charge in [-0.15, -0.1) is 0 Å². The highest BCUT2D eigenvalue weighted by molar-refractivity contribution is 4.63. The number of nitrogens with two attached hydrogens (primary N) is 3. The van der Waals surface area contributed by atoms with Crippen LogP contribution < -0.4 is 17.2 Å². The maximum absolute atomic E-state index is 5.76. The first-order valence-electron chi connectivity index (χ1n) is 12.8. The van der Waals surface area contributed by atoms with E-state index in [4.69, 9.17) is 17.2 Å². The summed E-state index contributed by atoms with van der Waals surface area (Å²) in [5.74, 6) is 0. The molecule has 0 bridgehead atoms. The highest BCUT2D eigenvalue weighted by Crippen LogP contribution is 2.09. The van der Waals surface area contributed by atoms with Crippen LogP contribution in [-0.2, 0) is 0 Å². The fourth-order valence-corrected chi connectivity index (χ4v) is 3.92. The van der Waals surface area contributed by atoms with Crippen molar-refractivity contribution in [3.63, 3.8) is 0 Å². The van der Waals surface area contributed by atoms with Crippen molar-refractivity contribution in [1.82, 2.24) is 9.80 Å². The molecule has 0 heterocycles. The van der Waals surface area contributed by atoms with E-state index in [1.165, 1.54) is 116 Å². The Hall–Kier alpha value is -0.200. The quantitative estimate of drug-likeness (QED) is 0.209. The molecule has 5 nitrogen and oxygen atoms in total. The molecule has 0 unspecified atom stereocenters. The molecule has 0 aliphatic heterocycles. The molecular weight excluding hydrogens is 358 g/mol. The second-order valence-corrected chi connectivity index (χ2v) is 8.65. The monoisotopic (exact) mass is 413 g/mol. The van der Waals surface area contributed by atoms with Gasteiger partial charge in [-0.05, 0) is 104 Å². The van der Waals surface area contributed by atoms with Crippen LogP contribution in [0.1, 0.15) is 96.8 Å². The van der Waals surface area contributed by atoms with Crippen LogP contribution in [0.15, 0.2) is 0 Å². The Morgan fingerprint density at radius 1 is 0.379 bits per heavy atom. The van der Waals surface area contributed by atoms with E-state index >= 15 is 0 Å². The van der Waals surface area contributed by atoms with Gasteiger partial charge < -0.3 is 27.0 Å². The van der Waals surface area contributed by atoms with Crippen LogP contribution in [-0.4, -0.2) is 68.7 Å². The zero-order chi connectivity index (χ0) is 21.4. The Bertz CT molecular complexity index is 301. The van der Waals surface area contributed by atoms with Crippen molar-refractivity contribution < 1.29 is 0 Å². The van der Waals surface area contributed by atoms with Gasteiger partial charge in [-0.25, -0.2) is 0 Å². The molecule has 0 spiro atoms. The summed E-state index contributed by atoms with van der Waals surface area (Å²) in [6.45, 7) is 12.0. The van der Waals surface area contributed by atoms with Crippen molar-refractivity contribution in [2.24, 2.45) is 17.2 Å². The Morgan fingerprint density at radius 3 is 1.10 bits per heavy atom. The molecule has 0 fully saturated rings. The van der Waals surface area contributed by atoms with E-state index in [2.05, 4.69) is 16.7 Å². The minimum absolute atomic E-state index is 0.807. The van der Waals surface area contributed by atoms with Gasteiger partial charge in [-0.3, -0.25) is 0 Å². The summed E-state index contributed by atoms with van der Waals surface area (Å²) in [6, 6.07) is 0. The Labute approximate surface area is 183 Å². The zero-order valence-corrected chi connectivity index (χ0v) is 19.9. The first-order valence-corrected chi connectivity index (χ1v) is 12.8. The van der Waals surface area contributed by atoms with Gasteiger partial charge in [-0.2, -0.15) is 0 Å². The van der Waals surface area contributed by atoms with Gasteiger partial charge in [0.15, 0.2) is 0 Å². The molecule has 6 N–H and O–H groups in total. The van der Waals surface area contributed by atoms with E-state index in [-0.39, 0.29) is 0 Å². The fraction of sp³-hybridized carbons (Fsp3) is 1.00. The van der Waals surface area contributed by atoms with Gasteiger partial charge in [0.05, 0.1) is 0 Å². The molecule has 0 amide bonds. The van der Waals surface area contributed by atoms with Crippen LogP contribution in [0.25, 0.3) is 0 Å². The molecule has 29 heavy (non-hydrogen) atoms. The molecule has 0 radical (unpaired) electrons. The van der Waals surface area contributed by atoms with Crippen molar-refractivity contribution >= 4 is 0 Å². The van der Waals surface area contributed by atoms with Crippen LogP contribution in [0.3, 0.4) is 0 Å². The van der Waals surface area contributed by atoms with Gasteiger partial charge in [0.1, 0.15) is 0 Å². The first-order chi connectivity index (χ1) is 14.3. The second kappa shape index (κ2) is 24.1. The van der Waals surface area contributed by atoms with Crippen LogP contribution in [0.4, 0.5) is 0 Å². The largest absolute Gasteiger partial charge is 0.330 e. The summed E-state index contributed by atoms with van der Waals surface area (Å²) in [7, 11) is 0. The van der Waals surface area contributed by atoms with Gasteiger partial charge >= 0.3 is 0 Å². The molecule has 0 aromatic heterocycles. The molecule has 0 rings (SSSR count). The topological polar surface area (TPSA) is 84.5 Å². The summed E-state index contributed by atoms with van der Waals surface area (Å²) in [6.07, 6.45) is 18.1. The van der Waals surface area contributed by atoms with Crippen molar-refractivity contribution in [2.45, 2.75) is 96.8 Å². The van der Waals surface area contributed by atoms with E-state index in [0.29, 0.717) is 0 Å². The highest BCUT2D eigenvalue weighted by Gasteiger charge is 2.07. The minimum atomic E-state index is 0.807. The summed E-state index contributed by atoms with van der Waals surface area (Å²) in [4.78, 5) is 5.29. The van der Waals surface area contributed by atoms with Crippen molar-refractivity contribution in [2.75, 3.05) is 58.9 Å². The van der Waals surface area contributed by atoms with Gasteiger partial charge in [0.25, 0.3) is 0 Å². The zero-order valence-electron chi connectivity index (χ0n) is 19.9. The van der Waals surface area contributed by atoms with Gasteiger partial charge in [0, 0.05) is 0 Å². The molecular formula is C24H55N5. The third kappa shape index (κ3) is 20.8. The Balaban J connectivity index is 3.94. The van der Waals surface area contributed by atoms with Crippen LogP contribution in [0.5, 0.6) is 0 Å². The average Bonchev–Trinajstić information content (AvgIpc) is 2.73. The number of unbranched alkanes of at least 4 members (excludes halogenated alkanes) is 9. The molecule has 0 aromatic carbocycles. The molecule has 0 saturated heterocycles. The van der Waals surface area contributed by atoms with Gasteiger partial charge in [0.2, 0.25) is 0 Å². The number of rotatable bonds is 24. The van der Waals surface area contributed by atoms with Crippen molar-refractivity contribution in [3.8, 4) is 0 Å². The summed E-state index contributed by atoms with van der Waals surface area (Å²) >= 11 is 0. The molecule has 0 aliphatic rings. The Morgan fingerprint density at radius 2 is 0.690 bits per heavy atom. The van der Waals surface area contributed by atoms with E-state index in [1.54, 1.807) is 0 Å². The molecule has 5 heteroatoms. The van der Waals surface area contributed by atoms with Crippen LogP contribution in [0.2, 0.25) is 0 Å². The maximum Gasteiger partial charge on any atom is -0.000672 e. The maximum atomic E-state index is 5.76. The predicted octanol–water partition coefficient (Wildman–Crippen LogP) is 3.95. The van der Waals surface area contributed by atoms with Crippen molar-refractivity contribution in [3.05, 3.63) is 0 Å². The number of nitrogens with zero attached hydrogens (tertiary/aromatic N) is 2. The minimum Gasteiger partial charge on any atom is -0.330 e. The third-order valence-electron chi connectivity index (χ3n) is 5.81. The second-order valence-electron chi connectivity index (χ2n) is 8.65. The average molecular weight is 414 g/mol. The molecule has 0 saturated carbocycles. The lowest BCUT2D eigenvalue weighted by molar-refractivity contribution is 0.233. The lowest BCUT2D eigenvalue weighted by Gasteiger charge is -2.24. The van der Waals surface area contributed by atoms with Gasteiger partial charge in [-0.1, -0.05) is 51.9 Å². The van der Waals surface area contributed by atoms with E-state index in [1.807, 2.05) is 0 Å². The van der Waals surface area contributed by atoms with E-state index in [9.17, 15) is 0 Å². The highest BCUT2D eigenvalue weighted by atomic mass is 15.1. The predicted molar refractivity (Wildman–Crippen MR) is 130 cm³/mol. The first kappa shape index (κ1) is 28.8. The lowest BCUT2D eigenvalue weighted by atomic mass is 10.1. The molecule has 0 aromatic rings. The standard InChI is InChI=1S/C24H55N5/c1-2-3-10-19-28(23-14-17-26)21-12-13-22-29(24-15-18-27)20-11-8-6-4-5-7-9-16-25/h2-27H2,1H3. The number of hydrogen-bond acceptors (Lipinski definition) is 5. The summed E-state index contributed by atoms with van der Waals surface area (Å²) in [5, 5.41) is 0. The summed E-state index contributed by atoms with van der Waals surface area (Å²) < 4.78 is 0. The fourth-order valence-electron chi connectivity index (χ4n) is 3.92. The Kier molecular flexibility index (Phi) is 23.9. The summed E-state index contributed by atoms with van der Waals surface area (Å²) in [5.41, 5.74) is 17.0. The third-order valence-corrected chi connectivity index (χ3v) is 5.81. The number of hydrogen-bond donors (Lipinski definition) is 3. The van der Waals surface area contributed by atoms with Crippen LogP contribution >= 0.6 is 0 Å². The molecule has 176 valence electrons.